The monoisotopic (exact) mass is 633 g/mol. The van der Waals surface area contributed by atoms with Crippen LogP contribution in [0.4, 0.5) is 0 Å². The van der Waals surface area contributed by atoms with E-state index in [2.05, 4.69) is 12.1 Å². The summed E-state index contributed by atoms with van der Waals surface area (Å²) in [5.74, 6) is 1.34. The van der Waals surface area contributed by atoms with Gasteiger partial charge in [-0.2, -0.15) is 0 Å². The molecule has 49 heavy (non-hydrogen) atoms. The van der Waals surface area contributed by atoms with Gasteiger partial charge in [-0.1, -0.05) is 158 Å². The fraction of sp³-hybridized carbons (Fsp3) is 0. The van der Waals surface area contributed by atoms with Crippen LogP contribution in [0.1, 0.15) is 9.60 Å². The lowest BCUT2D eigenvalue weighted by Crippen LogP contribution is -2.00. The largest absolute Gasteiger partial charge is 0.309 e. The predicted octanol–water partition coefficient (Wildman–Crippen LogP) is 11.3. The van der Waals surface area contributed by atoms with Gasteiger partial charge in [-0.15, -0.1) is 0 Å². The maximum atomic E-state index is 9.30. The Balaban J connectivity index is 1.29. The first-order chi connectivity index (χ1) is 27.2. The summed E-state index contributed by atoms with van der Waals surface area (Å²) in [7, 11) is 0. The molecule has 0 bridgehead atoms. The van der Waals surface area contributed by atoms with Crippen LogP contribution in [0.3, 0.4) is 0 Å². The first kappa shape index (κ1) is 22.0. The summed E-state index contributed by atoms with van der Waals surface area (Å²) in [5, 5.41) is 0.295. The highest BCUT2D eigenvalue weighted by Gasteiger charge is 2.18. The van der Waals surface area contributed by atoms with Crippen molar-refractivity contribution in [2.24, 2.45) is 0 Å². The minimum absolute atomic E-state index is 0.124. The van der Waals surface area contributed by atoms with Gasteiger partial charge in [0.2, 0.25) is 0 Å². The molecule has 0 aliphatic heterocycles. The van der Waals surface area contributed by atoms with Gasteiger partial charge in [0.05, 0.1) is 20.6 Å². The molecule has 9 rings (SSSR count). The van der Waals surface area contributed by atoms with Crippen molar-refractivity contribution in [1.29, 1.82) is 0 Å². The van der Waals surface area contributed by atoms with Crippen LogP contribution in [-0.4, -0.2) is 19.5 Å². The highest BCUT2D eigenvalue weighted by atomic mass is 15.0. The van der Waals surface area contributed by atoms with E-state index in [0.29, 0.717) is 45.4 Å². The van der Waals surface area contributed by atoms with E-state index in [-0.39, 0.29) is 46.5 Å². The van der Waals surface area contributed by atoms with Crippen LogP contribution in [-0.2, 0) is 0 Å². The molecule has 2 aromatic heterocycles. The maximum Gasteiger partial charge on any atom is 0.164 e. The number of fused-ring (bicyclic) bond motifs is 3. The molecule has 0 aliphatic rings. The third kappa shape index (κ3) is 5.26. The highest BCUT2D eigenvalue weighted by molar-refractivity contribution is 6.13. The molecule has 9 aromatic rings. The minimum Gasteiger partial charge on any atom is -0.309 e. The number of para-hydroxylation sites is 3. The predicted molar refractivity (Wildman–Crippen MR) is 201 cm³/mol. The fourth-order valence-electron chi connectivity index (χ4n) is 6.22. The van der Waals surface area contributed by atoms with Gasteiger partial charge in [0, 0.05) is 38.7 Å². The molecular weight excluding hydrogens is 597 g/mol. The van der Waals surface area contributed by atoms with Gasteiger partial charge in [-0.3, -0.25) is 0 Å². The van der Waals surface area contributed by atoms with Gasteiger partial charge in [-0.25, -0.2) is 15.0 Å². The van der Waals surface area contributed by atoms with Crippen molar-refractivity contribution in [3.8, 4) is 62.1 Å². The Kier molecular flexibility index (Phi) is 5.47. The second-order valence-corrected chi connectivity index (χ2v) is 11.6. The van der Waals surface area contributed by atoms with Crippen molar-refractivity contribution in [2.45, 2.75) is 0 Å². The fourth-order valence-corrected chi connectivity index (χ4v) is 6.22. The summed E-state index contributed by atoms with van der Waals surface area (Å²) in [6.45, 7) is 0. The topological polar surface area (TPSA) is 43.6 Å². The van der Waals surface area contributed by atoms with Crippen LogP contribution >= 0.6 is 0 Å². The summed E-state index contributed by atoms with van der Waals surface area (Å²) in [6.07, 6.45) is 0. The van der Waals surface area contributed by atoms with Crippen molar-refractivity contribution < 1.29 is 9.60 Å². The smallest absolute Gasteiger partial charge is 0.164 e. The van der Waals surface area contributed by atoms with Crippen LogP contribution in [0.2, 0.25) is 0 Å². The third-order valence-corrected chi connectivity index (χ3v) is 8.55. The molecule has 4 nitrogen and oxygen atoms in total. The summed E-state index contributed by atoms with van der Waals surface area (Å²) < 4.78 is 64.0. The van der Waals surface area contributed by atoms with E-state index in [1.54, 1.807) is 4.57 Å². The van der Waals surface area contributed by atoms with Gasteiger partial charge < -0.3 is 4.57 Å². The zero-order chi connectivity index (χ0) is 38.7. The summed E-state index contributed by atoms with van der Waals surface area (Å²) in [6, 6.07) is 42.0. The van der Waals surface area contributed by atoms with Crippen molar-refractivity contribution in [3.63, 3.8) is 0 Å². The van der Waals surface area contributed by atoms with Gasteiger partial charge >= 0.3 is 0 Å². The molecule has 0 radical (unpaired) electrons. The Morgan fingerprint density at radius 3 is 1.63 bits per heavy atom. The molecule has 7 aromatic carbocycles. The number of benzene rings is 7. The van der Waals surface area contributed by atoms with Gasteiger partial charge in [0.25, 0.3) is 0 Å². The Morgan fingerprint density at radius 2 is 0.918 bits per heavy atom. The number of hydrogen-bond donors (Lipinski definition) is 0. The van der Waals surface area contributed by atoms with E-state index in [9.17, 15) is 1.37 Å². The van der Waals surface area contributed by atoms with Crippen LogP contribution in [0.5, 0.6) is 0 Å². The van der Waals surface area contributed by atoms with Crippen molar-refractivity contribution >= 4 is 21.8 Å². The molecular formula is C45H30N4. The molecule has 0 N–H and O–H groups in total. The lowest BCUT2D eigenvalue weighted by atomic mass is 9.99. The SMILES string of the molecule is [2H]c1c([2H])c([2H])c2c(c1[2H])c1c([2H])c([2H])c([2H])c(-c3cccc(-c4nc(-c5ccccc5)nc(-c5ccc(-c6ccccc6)cc5)n4)c3)c1n2-c1ccccc1. The quantitative estimate of drug-likeness (QED) is 0.183. The highest BCUT2D eigenvalue weighted by Crippen LogP contribution is 2.39. The molecule has 0 saturated heterocycles. The van der Waals surface area contributed by atoms with E-state index >= 15 is 0 Å². The summed E-state index contributed by atoms with van der Waals surface area (Å²) >= 11 is 0. The van der Waals surface area contributed by atoms with E-state index in [1.165, 1.54) is 0 Å². The van der Waals surface area contributed by atoms with Crippen molar-refractivity contribution in [1.82, 2.24) is 19.5 Å². The van der Waals surface area contributed by atoms with E-state index in [1.807, 2.05) is 127 Å². The van der Waals surface area contributed by atoms with Crippen LogP contribution in [0.25, 0.3) is 83.9 Å². The van der Waals surface area contributed by atoms with Crippen LogP contribution in [0, 0.1) is 0 Å². The van der Waals surface area contributed by atoms with Crippen molar-refractivity contribution in [3.05, 3.63) is 182 Å². The molecule has 0 aliphatic carbocycles. The summed E-state index contributed by atoms with van der Waals surface area (Å²) in [4.78, 5) is 14.8. The molecule has 2 heterocycles. The first-order valence-electron chi connectivity index (χ1n) is 19.4. The molecule has 0 unspecified atom stereocenters. The minimum atomic E-state index is -0.436. The number of rotatable bonds is 6. The van der Waals surface area contributed by atoms with Crippen molar-refractivity contribution in [2.75, 3.05) is 0 Å². The number of hydrogen-bond acceptors (Lipinski definition) is 3. The van der Waals surface area contributed by atoms with Gasteiger partial charge in [0.1, 0.15) is 0 Å². The molecule has 0 amide bonds. The van der Waals surface area contributed by atoms with Crippen LogP contribution < -0.4 is 0 Å². The second kappa shape index (κ2) is 12.2. The molecule has 0 saturated carbocycles. The third-order valence-electron chi connectivity index (χ3n) is 8.55. The number of aromatic nitrogens is 4. The van der Waals surface area contributed by atoms with Crippen LogP contribution in [0.15, 0.2) is 182 Å². The van der Waals surface area contributed by atoms with E-state index in [4.69, 9.17) is 23.2 Å². The van der Waals surface area contributed by atoms with E-state index in [0.717, 1.165) is 22.3 Å². The lowest BCUT2D eigenvalue weighted by molar-refractivity contribution is 1.07. The number of nitrogens with zero attached hydrogens (tertiary/aromatic N) is 4. The second-order valence-electron chi connectivity index (χ2n) is 11.6. The maximum absolute atomic E-state index is 9.30. The molecule has 0 atom stereocenters. The van der Waals surface area contributed by atoms with Gasteiger partial charge in [0.15, 0.2) is 17.5 Å². The standard InChI is InChI=1S/C45H30N4/c1-4-14-31(15-5-1)32-26-28-34(29-27-32)44-46-43(33-16-6-2-7-17-33)47-45(48-44)36-19-12-18-35(30-36)38-23-13-24-40-39-22-10-11-25-41(39)49(42(38)40)37-20-8-3-9-21-37/h1-30H/i10D,11D,13D,22D,23D,24D,25D. The average molecular weight is 634 g/mol. The normalized spacial score (nSPS) is 13.3. The van der Waals surface area contributed by atoms with E-state index < -0.39 is 12.1 Å². The molecule has 4 heteroatoms. The summed E-state index contributed by atoms with van der Waals surface area (Å²) in [5.41, 5.74) is 6.29. The Hall–Kier alpha value is -6.65. The Morgan fingerprint density at radius 1 is 0.408 bits per heavy atom. The first-order valence-corrected chi connectivity index (χ1v) is 15.9. The average Bonchev–Trinajstić information content (AvgIpc) is 3.61. The Labute approximate surface area is 294 Å². The molecule has 0 fully saturated rings. The lowest BCUT2D eigenvalue weighted by Gasteiger charge is -2.13. The zero-order valence-electron chi connectivity index (χ0n) is 33.1. The Bertz CT molecular complexity index is 2970. The zero-order valence-corrected chi connectivity index (χ0v) is 26.1. The van der Waals surface area contributed by atoms with Gasteiger partial charge in [-0.05, 0) is 40.9 Å². The molecule has 0 spiro atoms. The molecule has 230 valence electrons.